The SMILES string of the molecule is CN(CCc1noc(C2CCCCC2)n1)C(=O)Nc1ccccc1F. The molecule has 1 saturated carbocycles. The van der Waals surface area contributed by atoms with E-state index in [2.05, 4.69) is 15.5 Å². The van der Waals surface area contributed by atoms with Crippen LogP contribution < -0.4 is 5.32 Å². The van der Waals surface area contributed by atoms with E-state index < -0.39 is 5.82 Å². The van der Waals surface area contributed by atoms with E-state index in [1.54, 1.807) is 19.2 Å². The Balaban J connectivity index is 1.50. The minimum Gasteiger partial charge on any atom is -0.339 e. The lowest BCUT2D eigenvalue weighted by atomic mass is 9.89. The van der Waals surface area contributed by atoms with Crippen molar-refractivity contribution in [1.82, 2.24) is 15.0 Å². The fourth-order valence-corrected chi connectivity index (χ4v) is 3.03. The van der Waals surface area contributed by atoms with Gasteiger partial charge >= 0.3 is 6.03 Å². The number of nitrogens with zero attached hydrogens (tertiary/aromatic N) is 3. The highest BCUT2D eigenvalue weighted by Crippen LogP contribution is 2.31. The molecule has 7 heteroatoms. The number of likely N-dealkylation sites (N-methyl/N-ethyl adjacent to an activating group) is 1. The maximum absolute atomic E-state index is 13.6. The van der Waals surface area contributed by atoms with E-state index in [1.165, 1.54) is 36.3 Å². The molecule has 0 radical (unpaired) electrons. The van der Waals surface area contributed by atoms with Crippen LogP contribution in [-0.2, 0) is 6.42 Å². The number of benzene rings is 1. The normalized spacial score (nSPS) is 15.1. The predicted molar refractivity (Wildman–Crippen MR) is 91.9 cm³/mol. The smallest absolute Gasteiger partial charge is 0.321 e. The summed E-state index contributed by atoms with van der Waals surface area (Å²) in [6, 6.07) is 5.71. The van der Waals surface area contributed by atoms with E-state index >= 15 is 0 Å². The van der Waals surface area contributed by atoms with E-state index in [0.29, 0.717) is 30.6 Å². The number of hydrogen-bond acceptors (Lipinski definition) is 4. The molecule has 6 nitrogen and oxygen atoms in total. The van der Waals surface area contributed by atoms with E-state index in [1.807, 2.05) is 0 Å². The van der Waals surface area contributed by atoms with Gasteiger partial charge in [0.1, 0.15) is 5.82 Å². The average molecular weight is 346 g/mol. The molecule has 0 bridgehead atoms. The largest absolute Gasteiger partial charge is 0.339 e. The van der Waals surface area contributed by atoms with Crippen LogP contribution in [0.4, 0.5) is 14.9 Å². The first-order valence-corrected chi connectivity index (χ1v) is 8.72. The molecule has 1 aliphatic rings. The van der Waals surface area contributed by atoms with E-state index in [0.717, 1.165) is 12.8 Å². The van der Waals surface area contributed by atoms with Gasteiger partial charge in [-0.3, -0.25) is 0 Å². The highest BCUT2D eigenvalue weighted by molar-refractivity contribution is 5.89. The molecule has 0 unspecified atom stereocenters. The van der Waals surface area contributed by atoms with Crippen molar-refractivity contribution in [3.8, 4) is 0 Å². The molecule has 1 aromatic heterocycles. The van der Waals surface area contributed by atoms with Gasteiger partial charge in [0.25, 0.3) is 0 Å². The first kappa shape index (κ1) is 17.4. The van der Waals surface area contributed by atoms with Crippen LogP contribution in [0.1, 0.15) is 49.7 Å². The Kier molecular flexibility index (Phi) is 5.63. The van der Waals surface area contributed by atoms with Gasteiger partial charge in [0.15, 0.2) is 5.82 Å². The minimum atomic E-state index is -0.459. The van der Waals surface area contributed by atoms with Crippen molar-refractivity contribution in [3.05, 3.63) is 41.8 Å². The summed E-state index contributed by atoms with van der Waals surface area (Å²) in [7, 11) is 1.65. The topological polar surface area (TPSA) is 71.3 Å². The number of rotatable bonds is 5. The van der Waals surface area contributed by atoms with Crippen LogP contribution in [-0.4, -0.2) is 34.7 Å². The highest BCUT2D eigenvalue weighted by atomic mass is 19.1. The van der Waals surface area contributed by atoms with Crippen molar-refractivity contribution in [2.45, 2.75) is 44.4 Å². The Labute approximate surface area is 146 Å². The van der Waals surface area contributed by atoms with Gasteiger partial charge in [-0.05, 0) is 25.0 Å². The van der Waals surface area contributed by atoms with Crippen molar-refractivity contribution in [1.29, 1.82) is 0 Å². The first-order chi connectivity index (χ1) is 12.1. The molecular formula is C18H23FN4O2. The maximum Gasteiger partial charge on any atom is 0.321 e. The van der Waals surface area contributed by atoms with E-state index in [4.69, 9.17) is 4.52 Å². The predicted octanol–water partition coefficient (Wildman–Crippen LogP) is 3.96. The zero-order chi connectivity index (χ0) is 17.6. The van der Waals surface area contributed by atoms with Gasteiger partial charge in [0.05, 0.1) is 5.69 Å². The number of nitrogens with one attached hydrogen (secondary N) is 1. The third kappa shape index (κ3) is 4.55. The van der Waals surface area contributed by atoms with E-state index in [-0.39, 0.29) is 11.7 Å². The molecular weight excluding hydrogens is 323 g/mol. The summed E-state index contributed by atoms with van der Waals surface area (Å²) in [6.07, 6.45) is 6.40. The molecule has 0 aliphatic heterocycles. The minimum absolute atomic E-state index is 0.165. The molecule has 1 fully saturated rings. The van der Waals surface area contributed by atoms with Gasteiger partial charge in [-0.25, -0.2) is 9.18 Å². The number of amides is 2. The molecule has 2 aromatic rings. The van der Waals surface area contributed by atoms with Crippen LogP contribution in [0, 0.1) is 5.82 Å². The summed E-state index contributed by atoms with van der Waals surface area (Å²) in [4.78, 5) is 18.1. The number of carbonyl (C=O) groups is 1. The maximum atomic E-state index is 13.6. The average Bonchev–Trinajstić information content (AvgIpc) is 3.11. The molecule has 1 N–H and O–H groups in total. The van der Waals surface area contributed by atoms with Crippen molar-refractivity contribution in [3.63, 3.8) is 0 Å². The highest BCUT2D eigenvalue weighted by Gasteiger charge is 2.21. The Morgan fingerprint density at radius 1 is 1.32 bits per heavy atom. The van der Waals surface area contributed by atoms with Crippen LogP contribution >= 0.6 is 0 Å². The second kappa shape index (κ2) is 8.09. The summed E-state index contributed by atoms with van der Waals surface area (Å²) in [5.74, 6) is 1.23. The van der Waals surface area contributed by atoms with Crippen LogP contribution in [0.25, 0.3) is 0 Å². The number of aromatic nitrogens is 2. The zero-order valence-electron chi connectivity index (χ0n) is 14.4. The van der Waals surface area contributed by atoms with Gasteiger partial charge in [-0.15, -0.1) is 0 Å². The van der Waals surface area contributed by atoms with Gasteiger partial charge in [-0.2, -0.15) is 4.98 Å². The van der Waals surface area contributed by atoms with Crippen LogP contribution in [0.3, 0.4) is 0 Å². The third-order valence-electron chi connectivity index (χ3n) is 4.57. The summed E-state index contributed by atoms with van der Waals surface area (Å²) in [5.41, 5.74) is 0.165. The van der Waals surface area contributed by atoms with Crippen LogP contribution in [0.15, 0.2) is 28.8 Å². The third-order valence-corrected chi connectivity index (χ3v) is 4.57. The Morgan fingerprint density at radius 2 is 2.08 bits per heavy atom. The fourth-order valence-electron chi connectivity index (χ4n) is 3.03. The first-order valence-electron chi connectivity index (χ1n) is 8.72. The zero-order valence-corrected chi connectivity index (χ0v) is 14.4. The van der Waals surface area contributed by atoms with Crippen molar-refractivity contribution < 1.29 is 13.7 Å². The lowest BCUT2D eigenvalue weighted by molar-refractivity contribution is 0.222. The van der Waals surface area contributed by atoms with Gasteiger partial charge in [-0.1, -0.05) is 36.6 Å². The Hall–Kier alpha value is -2.44. The molecule has 1 aromatic carbocycles. The molecule has 134 valence electrons. The molecule has 0 atom stereocenters. The monoisotopic (exact) mass is 346 g/mol. The quantitative estimate of drug-likeness (QED) is 0.889. The number of urea groups is 1. The molecule has 3 rings (SSSR count). The van der Waals surface area contributed by atoms with Crippen molar-refractivity contribution >= 4 is 11.7 Å². The van der Waals surface area contributed by atoms with Gasteiger partial charge < -0.3 is 14.7 Å². The number of para-hydroxylation sites is 1. The molecule has 2 amide bonds. The second-order valence-corrected chi connectivity index (χ2v) is 6.47. The summed E-state index contributed by atoms with van der Waals surface area (Å²) < 4.78 is 19.0. The molecule has 0 spiro atoms. The fraction of sp³-hybridized carbons (Fsp3) is 0.500. The molecule has 1 heterocycles. The Bertz CT molecular complexity index is 713. The lowest BCUT2D eigenvalue weighted by Gasteiger charge is -2.17. The lowest BCUT2D eigenvalue weighted by Crippen LogP contribution is -2.33. The number of anilines is 1. The van der Waals surface area contributed by atoms with Crippen LogP contribution in [0.2, 0.25) is 0 Å². The standard InChI is InChI=1S/C18H23FN4O2/c1-23(18(24)20-15-10-6-5-9-14(15)19)12-11-16-21-17(25-22-16)13-7-3-2-4-8-13/h5-6,9-10,13H,2-4,7-8,11-12H2,1H3,(H,20,24). The second-order valence-electron chi connectivity index (χ2n) is 6.47. The van der Waals surface area contributed by atoms with Crippen molar-refractivity contribution in [2.24, 2.45) is 0 Å². The van der Waals surface area contributed by atoms with E-state index in [9.17, 15) is 9.18 Å². The summed E-state index contributed by atoms with van der Waals surface area (Å²) in [6.45, 7) is 0.421. The molecule has 0 saturated heterocycles. The number of hydrogen-bond donors (Lipinski definition) is 1. The summed E-state index contributed by atoms with van der Waals surface area (Å²) in [5, 5.41) is 6.57. The van der Waals surface area contributed by atoms with Crippen molar-refractivity contribution in [2.75, 3.05) is 18.9 Å². The van der Waals surface area contributed by atoms with Crippen LogP contribution in [0.5, 0.6) is 0 Å². The van der Waals surface area contributed by atoms with Gasteiger partial charge in [0.2, 0.25) is 5.89 Å². The number of carbonyl (C=O) groups excluding carboxylic acids is 1. The molecule has 25 heavy (non-hydrogen) atoms. The number of halogens is 1. The Morgan fingerprint density at radius 3 is 2.84 bits per heavy atom. The van der Waals surface area contributed by atoms with Gasteiger partial charge in [0, 0.05) is 25.9 Å². The summed E-state index contributed by atoms with van der Waals surface area (Å²) >= 11 is 0. The molecule has 1 aliphatic carbocycles.